The van der Waals surface area contributed by atoms with Crippen molar-refractivity contribution in [1.29, 1.82) is 0 Å². The number of anilines is 1. The summed E-state index contributed by atoms with van der Waals surface area (Å²) in [7, 11) is -9.47. The largest absolute Gasteiger partial charge is 0.393 e. The van der Waals surface area contributed by atoms with Gasteiger partial charge in [0.15, 0.2) is 5.90 Å². The van der Waals surface area contributed by atoms with Crippen LogP contribution in [0.3, 0.4) is 0 Å². The first-order chi connectivity index (χ1) is 16.8. The van der Waals surface area contributed by atoms with E-state index >= 15 is 0 Å². The van der Waals surface area contributed by atoms with Crippen molar-refractivity contribution in [3.63, 3.8) is 0 Å². The molecule has 1 saturated carbocycles. The maximum atomic E-state index is 11.9. The summed E-state index contributed by atoms with van der Waals surface area (Å²) in [6, 6.07) is 5.11. The smallest absolute Gasteiger partial charge is 0.340 e. The van der Waals surface area contributed by atoms with E-state index in [1.807, 2.05) is 0 Å². The Balaban J connectivity index is 1.49. The monoisotopic (exact) mass is 567 g/mol. The normalized spacial score (nSPS) is 30.9. The fourth-order valence-corrected chi connectivity index (χ4v) is 7.19. The van der Waals surface area contributed by atoms with Gasteiger partial charge in [-0.25, -0.2) is 9.97 Å². The van der Waals surface area contributed by atoms with Crippen LogP contribution in [0.25, 0.3) is 10.9 Å². The van der Waals surface area contributed by atoms with Crippen molar-refractivity contribution < 1.29 is 48.4 Å². The number of nitrogens with one attached hydrogen (secondary N) is 1. The lowest BCUT2D eigenvalue weighted by molar-refractivity contribution is -0.0186. The standard InChI is InChI=1S/C20H28ClN3O10P2/c21-20-23-14-7-10(1-6-13(14)19(24-20)22-11-2-4-12(25)5-3-11)18-17(27)16(26)15(34-18)8-33-36(31,32)9-35(28,29)30/h1,6-7,11-12,15-18,25-27H,2-5,8-9H2,(H,31,32)(H,22,23,24)(H2,28,29,30)/t11?,12?,15-,16-,17-,18+/m1/s1. The van der Waals surface area contributed by atoms with Gasteiger partial charge in [0, 0.05) is 11.4 Å². The van der Waals surface area contributed by atoms with Crippen molar-refractivity contribution in [3.8, 4) is 0 Å². The van der Waals surface area contributed by atoms with Gasteiger partial charge in [0.25, 0.3) is 0 Å². The molecule has 36 heavy (non-hydrogen) atoms. The van der Waals surface area contributed by atoms with Gasteiger partial charge in [-0.05, 0) is 55.0 Å². The van der Waals surface area contributed by atoms with Crippen LogP contribution in [-0.4, -0.2) is 82.9 Å². The predicted octanol–water partition coefficient (Wildman–Crippen LogP) is 1.50. The summed E-state index contributed by atoms with van der Waals surface area (Å²) in [5, 5.41) is 34.7. The first kappa shape index (κ1) is 27.8. The summed E-state index contributed by atoms with van der Waals surface area (Å²) in [6.07, 6.45) is -2.54. The molecule has 16 heteroatoms. The molecule has 1 unspecified atom stereocenters. The Kier molecular flexibility index (Phi) is 8.41. The molecule has 200 valence electrons. The molecule has 1 saturated heterocycles. The van der Waals surface area contributed by atoms with Gasteiger partial charge < -0.3 is 44.6 Å². The minimum absolute atomic E-state index is 0.000878. The molecular weight excluding hydrogens is 540 g/mol. The van der Waals surface area contributed by atoms with Gasteiger partial charge in [-0.1, -0.05) is 6.07 Å². The number of ether oxygens (including phenoxy) is 1. The molecule has 2 fully saturated rings. The lowest BCUT2D eigenvalue weighted by Crippen LogP contribution is -2.33. The number of halogens is 1. The van der Waals surface area contributed by atoms with Crippen LogP contribution in [-0.2, 0) is 18.4 Å². The molecule has 1 aliphatic carbocycles. The Morgan fingerprint density at radius 1 is 1.06 bits per heavy atom. The topological polar surface area (TPSA) is 212 Å². The van der Waals surface area contributed by atoms with Crippen molar-refractivity contribution in [2.75, 3.05) is 17.8 Å². The Hall–Kier alpha value is -1.21. The minimum atomic E-state index is -4.81. The van der Waals surface area contributed by atoms with Crippen molar-refractivity contribution in [1.82, 2.24) is 9.97 Å². The third-order valence-electron chi connectivity index (χ3n) is 6.23. The molecule has 2 aliphatic rings. The van der Waals surface area contributed by atoms with E-state index in [1.165, 1.54) is 0 Å². The Morgan fingerprint density at radius 2 is 1.75 bits per heavy atom. The van der Waals surface area contributed by atoms with Gasteiger partial charge in [-0.3, -0.25) is 9.13 Å². The molecule has 0 spiro atoms. The van der Waals surface area contributed by atoms with Crippen LogP contribution >= 0.6 is 26.8 Å². The van der Waals surface area contributed by atoms with Gasteiger partial charge in [-0.15, -0.1) is 0 Å². The number of hydrogen-bond donors (Lipinski definition) is 7. The van der Waals surface area contributed by atoms with Gasteiger partial charge in [0.1, 0.15) is 30.2 Å². The zero-order chi connectivity index (χ0) is 26.3. The highest BCUT2D eigenvalue weighted by atomic mass is 35.5. The van der Waals surface area contributed by atoms with E-state index in [0.717, 1.165) is 12.8 Å². The fourth-order valence-electron chi connectivity index (χ4n) is 4.44. The lowest BCUT2D eigenvalue weighted by atomic mass is 9.93. The third kappa shape index (κ3) is 6.80. The van der Waals surface area contributed by atoms with E-state index in [2.05, 4.69) is 15.3 Å². The number of benzene rings is 1. The first-order valence-electron chi connectivity index (χ1n) is 11.3. The number of aliphatic hydroxyl groups is 3. The van der Waals surface area contributed by atoms with Crippen LogP contribution in [0, 0.1) is 0 Å². The van der Waals surface area contributed by atoms with Gasteiger partial charge in [-0.2, -0.15) is 0 Å². The molecule has 0 amide bonds. The number of rotatable bonds is 8. The average Bonchev–Trinajstić information content (AvgIpc) is 3.06. The van der Waals surface area contributed by atoms with Crippen LogP contribution in [0.1, 0.15) is 37.4 Å². The van der Waals surface area contributed by atoms with Crippen molar-refractivity contribution in [2.24, 2.45) is 0 Å². The molecule has 1 aromatic heterocycles. The molecule has 2 heterocycles. The number of aromatic nitrogens is 2. The molecule has 7 N–H and O–H groups in total. The maximum Gasteiger partial charge on any atom is 0.340 e. The molecule has 2 aromatic rings. The fraction of sp³-hybridized carbons (Fsp3) is 0.600. The van der Waals surface area contributed by atoms with Crippen LogP contribution in [0.15, 0.2) is 18.2 Å². The second-order valence-corrected chi connectivity index (χ2v) is 13.4. The third-order valence-corrected chi connectivity index (χ3v) is 9.85. The SMILES string of the molecule is O=P(O)(O)CP(=O)(O)OC[C@H]1O[C@@H](c2ccc3c(NC4CCC(O)CC4)nc(Cl)nc3c2)[C@H](O)[C@@H]1O. The predicted molar refractivity (Wildman–Crippen MR) is 129 cm³/mol. The second-order valence-electron chi connectivity index (χ2n) is 9.08. The van der Waals surface area contributed by atoms with Crippen LogP contribution < -0.4 is 5.32 Å². The summed E-state index contributed by atoms with van der Waals surface area (Å²) >= 11 is 6.14. The molecule has 4 rings (SSSR count). The highest BCUT2D eigenvalue weighted by molar-refractivity contribution is 7.70. The van der Waals surface area contributed by atoms with E-state index < -0.39 is 52.1 Å². The van der Waals surface area contributed by atoms with Crippen LogP contribution in [0.5, 0.6) is 0 Å². The van der Waals surface area contributed by atoms with E-state index in [-0.39, 0.29) is 17.4 Å². The molecule has 1 aliphatic heterocycles. The average molecular weight is 568 g/mol. The zero-order valence-corrected chi connectivity index (χ0v) is 21.5. The number of fused-ring (bicyclic) bond motifs is 1. The van der Waals surface area contributed by atoms with Crippen LogP contribution in [0.4, 0.5) is 5.82 Å². The van der Waals surface area contributed by atoms with E-state index in [4.69, 9.17) is 30.6 Å². The number of hydrogen-bond acceptors (Lipinski definition) is 10. The molecular formula is C20H28ClN3O10P2. The van der Waals surface area contributed by atoms with Gasteiger partial charge >= 0.3 is 15.2 Å². The van der Waals surface area contributed by atoms with Crippen LogP contribution in [0.2, 0.25) is 5.28 Å². The maximum absolute atomic E-state index is 11.9. The van der Waals surface area contributed by atoms with Crippen molar-refractivity contribution >= 4 is 43.5 Å². The summed E-state index contributed by atoms with van der Waals surface area (Å²) in [5.74, 6) is -0.849. The molecule has 1 aromatic carbocycles. The molecule has 13 nitrogen and oxygen atoms in total. The van der Waals surface area contributed by atoms with Gasteiger partial charge in [0.05, 0.1) is 18.2 Å². The Labute approximate surface area is 211 Å². The summed E-state index contributed by atoms with van der Waals surface area (Å²) in [5.41, 5.74) is 0.901. The number of aliphatic hydroxyl groups excluding tert-OH is 3. The Morgan fingerprint density at radius 3 is 2.42 bits per heavy atom. The molecule has 0 radical (unpaired) electrons. The molecule has 5 atom stereocenters. The van der Waals surface area contributed by atoms with E-state index in [9.17, 15) is 29.3 Å². The zero-order valence-electron chi connectivity index (χ0n) is 18.9. The molecule has 0 bridgehead atoms. The summed E-state index contributed by atoms with van der Waals surface area (Å²) < 4.78 is 33.3. The minimum Gasteiger partial charge on any atom is -0.393 e. The summed E-state index contributed by atoms with van der Waals surface area (Å²) in [4.78, 5) is 36.0. The Bertz CT molecular complexity index is 1190. The highest BCUT2D eigenvalue weighted by Gasteiger charge is 2.45. The van der Waals surface area contributed by atoms with Crippen molar-refractivity contribution in [3.05, 3.63) is 29.0 Å². The summed E-state index contributed by atoms with van der Waals surface area (Å²) in [6.45, 7) is -0.672. The van der Waals surface area contributed by atoms with E-state index in [0.29, 0.717) is 35.1 Å². The lowest BCUT2D eigenvalue weighted by Gasteiger charge is -2.27. The number of nitrogens with zero attached hydrogens (tertiary/aromatic N) is 2. The van der Waals surface area contributed by atoms with Crippen molar-refractivity contribution in [2.45, 2.75) is 62.2 Å². The highest BCUT2D eigenvalue weighted by Crippen LogP contribution is 2.55. The quantitative estimate of drug-likeness (QED) is 0.178. The van der Waals surface area contributed by atoms with Gasteiger partial charge in [0.2, 0.25) is 5.28 Å². The second kappa shape index (κ2) is 10.9. The van der Waals surface area contributed by atoms with E-state index in [1.54, 1.807) is 18.2 Å². The first-order valence-corrected chi connectivity index (χ1v) is 15.2.